The van der Waals surface area contributed by atoms with Crippen molar-refractivity contribution in [2.45, 2.75) is 51.6 Å². The average Bonchev–Trinajstić information content (AvgIpc) is 3.14. The van der Waals surface area contributed by atoms with Crippen molar-refractivity contribution in [3.8, 4) is 0 Å². The largest absolute Gasteiger partial charge is 0.293 e. The van der Waals surface area contributed by atoms with Crippen LogP contribution >= 0.6 is 0 Å². The van der Waals surface area contributed by atoms with E-state index in [-0.39, 0.29) is 5.56 Å². The smallest absolute Gasteiger partial charge is 0.262 e. The van der Waals surface area contributed by atoms with Gasteiger partial charge in [-0.3, -0.25) is 18.7 Å². The first-order chi connectivity index (χ1) is 14.1. The predicted octanol–water partition coefficient (Wildman–Crippen LogP) is 3.23. The number of benzene rings is 1. The van der Waals surface area contributed by atoms with Crippen LogP contribution in [0.25, 0.3) is 16.7 Å². The lowest BCUT2D eigenvalue weighted by atomic mass is 9.54. The van der Waals surface area contributed by atoms with Gasteiger partial charge in [0.25, 0.3) is 5.56 Å². The molecule has 29 heavy (non-hydrogen) atoms. The van der Waals surface area contributed by atoms with E-state index in [0.717, 1.165) is 53.5 Å². The Balaban J connectivity index is 1.42. The van der Waals surface area contributed by atoms with Gasteiger partial charge in [0.1, 0.15) is 0 Å². The molecule has 0 spiro atoms. The van der Waals surface area contributed by atoms with Crippen molar-refractivity contribution in [1.82, 2.24) is 24.1 Å². The van der Waals surface area contributed by atoms with Crippen LogP contribution in [-0.2, 0) is 13.6 Å². The van der Waals surface area contributed by atoms with Crippen LogP contribution in [0.15, 0.2) is 29.1 Å². The third-order valence-corrected chi connectivity index (χ3v) is 8.04. The van der Waals surface area contributed by atoms with Crippen LogP contribution in [0.2, 0.25) is 0 Å². The molecule has 0 radical (unpaired) electrons. The molecule has 7 rings (SSSR count). The van der Waals surface area contributed by atoms with E-state index < -0.39 is 0 Å². The first-order valence-corrected chi connectivity index (χ1v) is 11.2. The van der Waals surface area contributed by atoms with Gasteiger partial charge in [-0.2, -0.15) is 0 Å². The summed E-state index contributed by atoms with van der Waals surface area (Å²) in [6.07, 6.45) is 7.18. The molecule has 0 unspecified atom stereocenters. The summed E-state index contributed by atoms with van der Waals surface area (Å²) in [5, 5.41) is 9.68. The molecule has 4 bridgehead atoms. The SMILES string of the molecule is CCN(Cc1nnc2n(C)c(=O)c3ccccc3n12)C1C2CC3CC(C2)CC1C3. The quantitative estimate of drug-likeness (QED) is 0.685. The minimum absolute atomic E-state index is 0.0135. The third kappa shape index (κ3) is 2.54. The molecule has 0 amide bonds. The Morgan fingerprint density at radius 2 is 1.72 bits per heavy atom. The summed E-state index contributed by atoms with van der Waals surface area (Å²) in [7, 11) is 1.79. The van der Waals surface area contributed by atoms with Crippen molar-refractivity contribution in [1.29, 1.82) is 0 Å². The minimum Gasteiger partial charge on any atom is -0.293 e. The maximum absolute atomic E-state index is 12.7. The Morgan fingerprint density at radius 1 is 1.03 bits per heavy atom. The van der Waals surface area contributed by atoms with Gasteiger partial charge in [0.15, 0.2) is 5.82 Å². The van der Waals surface area contributed by atoms with Crippen molar-refractivity contribution in [3.05, 3.63) is 40.4 Å². The summed E-state index contributed by atoms with van der Waals surface area (Å²) in [4.78, 5) is 15.4. The van der Waals surface area contributed by atoms with Crippen LogP contribution in [0.5, 0.6) is 0 Å². The number of rotatable bonds is 4. The Hall–Kier alpha value is -2.21. The lowest BCUT2D eigenvalue weighted by Crippen LogP contribution is -2.55. The van der Waals surface area contributed by atoms with Crippen LogP contribution in [-0.4, -0.2) is 36.7 Å². The van der Waals surface area contributed by atoms with E-state index in [1.165, 1.54) is 32.1 Å². The summed E-state index contributed by atoms with van der Waals surface area (Å²) in [6.45, 7) is 4.11. The topological polar surface area (TPSA) is 55.4 Å². The fourth-order valence-electron chi connectivity index (χ4n) is 7.10. The van der Waals surface area contributed by atoms with E-state index in [0.29, 0.717) is 11.8 Å². The van der Waals surface area contributed by atoms with Crippen LogP contribution in [0.4, 0.5) is 0 Å². The first kappa shape index (κ1) is 17.6. The standard InChI is InChI=1S/C23H29N5O/c1-3-27(21-16-9-14-8-15(11-16)12-17(21)10-14)13-20-24-25-23-26(2)22(29)18-6-4-5-7-19(18)28(20)23/h4-7,14-17,21H,3,8-13H2,1-2H3. The Kier molecular flexibility index (Phi) is 3.89. The second kappa shape index (κ2) is 6.39. The van der Waals surface area contributed by atoms with E-state index in [1.54, 1.807) is 11.6 Å². The molecule has 152 valence electrons. The second-order valence-corrected chi connectivity index (χ2v) is 9.62. The van der Waals surface area contributed by atoms with E-state index in [9.17, 15) is 4.79 Å². The molecule has 1 aromatic carbocycles. The molecule has 0 N–H and O–H groups in total. The fraction of sp³-hybridized carbons (Fsp3) is 0.609. The normalized spacial score (nSPS) is 30.8. The lowest BCUT2D eigenvalue weighted by Gasteiger charge is -2.57. The molecule has 2 heterocycles. The zero-order valence-corrected chi connectivity index (χ0v) is 17.3. The van der Waals surface area contributed by atoms with Crippen molar-refractivity contribution in [2.24, 2.45) is 30.7 Å². The Bertz CT molecular complexity index is 1120. The van der Waals surface area contributed by atoms with Crippen LogP contribution in [0.1, 0.15) is 44.9 Å². The molecular formula is C23H29N5O. The van der Waals surface area contributed by atoms with Gasteiger partial charge in [-0.25, -0.2) is 0 Å². The molecule has 6 heteroatoms. The van der Waals surface area contributed by atoms with E-state index >= 15 is 0 Å². The zero-order chi connectivity index (χ0) is 19.7. The van der Waals surface area contributed by atoms with Gasteiger partial charge in [0.05, 0.1) is 17.4 Å². The number of aromatic nitrogens is 4. The number of aryl methyl sites for hydroxylation is 1. The lowest BCUT2D eigenvalue weighted by molar-refractivity contribution is -0.0673. The highest BCUT2D eigenvalue weighted by Crippen LogP contribution is 2.55. The molecule has 2 aromatic heterocycles. The molecule has 4 aliphatic rings. The maximum Gasteiger partial charge on any atom is 0.262 e. The zero-order valence-electron chi connectivity index (χ0n) is 17.3. The average molecular weight is 392 g/mol. The van der Waals surface area contributed by atoms with Crippen molar-refractivity contribution >= 4 is 16.7 Å². The third-order valence-electron chi connectivity index (χ3n) is 8.04. The predicted molar refractivity (Wildman–Crippen MR) is 113 cm³/mol. The number of para-hydroxylation sites is 1. The van der Waals surface area contributed by atoms with Gasteiger partial charge in [-0.1, -0.05) is 19.1 Å². The van der Waals surface area contributed by atoms with Crippen LogP contribution in [0, 0.1) is 23.7 Å². The van der Waals surface area contributed by atoms with E-state index in [4.69, 9.17) is 0 Å². The molecule has 6 nitrogen and oxygen atoms in total. The highest BCUT2D eigenvalue weighted by Gasteiger charge is 2.49. The fourth-order valence-corrected chi connectivity index (χ4v) is 7.10. The van der Waals surface area contributed by atoms with Crippen LogP contribution < -0.4 is 5.56 Å². The highest BCUT2D eigenvalue weighted by molar-refractivity contribution is 5.80. The number of hydrogen-bond donors (Lipinski definition) is 0. The second-order valence-electron chi connectivity index (χ2n) is 9.62. The Morgan fingerprint density at radius 3 is 2.41 bits per heavy atom. The summed E-state index contributed by atoms with van der Waals surface area (Å²) in [6, 6.07) is 8.50. The van der Waals surface area contributed by atoms with Gasteiger partial charge >= 0.3 is 0 Å². The molecule has 4 aliphatic carbocycles. The van der Waals surface area contributed by atoms with Gasteiger partial charge in [-0.15, -0.1) is 10.2 Å². The number of nitrogens with zero attached hydrogens (tertiary/aromatic N) is 5. The van der Waals surface area contributed by atoms with Crippen molar-refractivity contribution in [3.63, 3.8) is 0 Å². The summed E-state index contributed by atoms with van der Waals surface area (Å²) < 4.78 is 3.72. The maximum atomic E-state index is 12.7. The molecule has 3 aromatic rings. The van der Waals surface area contributed by atoms with Crippen LogP contribution in [0.3, 0.4) is 0 Å². The summed E-state index contributed by atoms with van der Waals surface area (Å²) in [5.74, 6) is 5.25. The van der Waals surface area contributed by atoms with Crippen molar-refractivity contribution in [2.75, 3.05) is 6.54 Å². The van der Waals surface area contributed by atoms with Gasteiger partial charge in [0.2, 0.25) is 5.78 Å². The first-order valence-electron chi connectivity index (χ1n) is 11.2. The Labute approximate surface area is 170 Å². The van der Waals surface area contributed by atoms with Gasteiger partial charge < -0.3 is 0 Å². The number of fused-ring (bicyclic) bond motifs is 3. The molecular weight excluding hydrogens is 362 g/mol. The van der Waals surface area contributed by atoms with E-state index in [2.05, 4.69) is 26.4 Å². The molecule has 4 fully saturated rings. The molecule has 0 saturated heterocycles. The monoisotopic (exact) mass is 391 g/mol. The number of hydrogen-bond acceptors (Lipinski definition) is 4. The molecule has 0 aliphatic heterocycles. The summed E-state index contributed by atoms with van der Waals surface area (Å²) in [5.41, 5.74) is 0.896. The minimum atomic E-state index is -0.0135. The van der Waals surface area contributed by atoms with Crippen molar-refractivity contribution < 1.29 is 0 Å². The van der Waals surface area contributed by atoms with Gasteiger partial charge in [-0.05, 0) is 74.5 Å². The summed E-state index contributed by atoms with van der Waals surface area (Å²) >= 11 is 0. The molecule has 0 atom stereocenters. The van der Waals surface area contributed by atoms with Gasteiger partial charge in [0, 0.05) is 13.1 Å². The highest BCUT2D eigenvalue weighted by atomic mass is 16.1. The molecule has 4 saturated carbocycles. The van der Waals surface area contributed by atoms with E-state index in [1.807, 2.05) is 24.3 Å².